The van der Waals surface area contributed by atoms with Crippen LogP contribution in [0.15, 0.2) is 36.2 Å². The van der Waals surface area contributed by atoms with E-state index >= 15 is 0 Å². The number of ether oxygens (including phenoxy) is 2. The molecule has 194 valence electrons. The van der Waals surface area contributed by atoms with Gasteiger partial charge in [0, 0.05) is 24.4 Å². The Kier molecular flexibility index (Phi) is 5.61. The highest BCUT2D eigenvalue weighted by Crippen LogP contribution is 2.65. The number of carbonyl (C=O) groups is 2. The molecule has 7 heteroatoms. The van der Waals surface area contributed by atoms with E-state index in [-0.39, 0.29) is 34.8 Å². The number of rotatable bonds is 3. The highest BCUT2D eigenvalue weighted by molar-refractivity contribution is 5.92. The Morgan fingerprint density at radius 1 is 1.11 bits per heavy atom. The number of likely N-dealkylation sites (N-methyl/N-ethyl adjacent to an activating group) is 1. The largest absolute Gasteiger partial charge is 0.486 e. The van der Waals surface area contributed by atoms with Gasteiger partial charge in [0.15, 0.2) is 17.3 Å². The van der Waals surface area contributed by atoms with Gasteiger partial charge in [0.1, 0.15) is 12.7 Å². The summed E-state index contributed by atoms with van der Waals surface area (Å²) in [6.07, 6.45) is 7.24. The Labute approximate surface area is 212 Å². The Morgan fingerprint density at radius 3 is 2.69 bits per heavy atom. The number of carbonyl (C=O) groups excluding carboxylic acids is 2. The van der Waals surface area contributed by atoms with Crippen LogP contribution in [0, 0.1) is 34.5 Å². The fourth-order valence-corrected chi connectivity index (χ4v) is 8.76. The minimum atomic E-state index is -0.606. The molecule has 2 unspecified atom stereocenters. The lowest BCUT2D eigenvalue weighted by atomic mass is 9.47. The third-order valence-corrected chi connectivity index (χ3v) is 10.5. The van der Waals surface area contributed by atoms with Gasteiger partial charge in [0.2, 0.25) is 5.91 Å². The maximum atomic E-state index is 14.6. The number of fused-ring (bicyclic) bond motifs is 6. The molecule has 6 rings (SSSR count). The molecule has 0 bridgehead atoms. The van der Waals surface area contributed by atoms with Gasteiger partial charge in [-0.05, 0) is 79.9 Å². The van der Waals surface area contributed by atoms with Crippen LogP contribution in [-0.4, -0.2) is 49.1 Å². The quantitative estimate of drug-likeness (QED) is 0.669. The molecule has 2 aliphatic heterocycles. The van der Waals surface area contributed by atoms with Crippen molar-refractivity contribution in [3.8, 4) is 11.5 Å². The summed E-state index contributed by atoms with van der Waals surface area (Å²) in [5.41, 5.74) is -0.393. The second-order valence-electron chi connectivity index (χ2n) is 12.2. The zero-order valence-electron chi connectivity index (χ0n) is 21.5. The number of halogens is 1. The van der Waals surface area contributed by atoms with E-state index in [4.69, 9.17) is 9.47 Å². The van der Waals surface area contributed by atoms with Crippen molar-refractivity contribution in [1.29, 1.82) is 0 Å². The van der Waals surface area contributed by atoms with E-state index in [0.29, 0.717) is 30.9 Å². The lowest BCUT2D eigenvalue weighted by Crippen LogP contribution is -2.60. The molecule has 0 spiro atoms. The van der Waals surface area contributed by atoms with E-state index in [0.717, 1.165) is 50.0 Å². The molecule has 0 radical (unpaired) electrons. The lowest BCUT2D eigenvalue weighted by molar-refractivity contribution is -0.145. The maximum Gasteiger partial charge on any atom is 0.282 e. The van der Waals surface area contributed by atoms with E-state index in [1.165, 1.54) is 0 Å². The van der Waals surface area contributed by atoms with Crippen LogP contribution in [0.3, 0.4) is 0 Å². The number of hydrogen-bond donors (Lipinski definition) is 1. The summed E-state index contributed by atoms with van der Waals surface area (Å²) in [4.78, 5) is 27.4. The second-order valence-corrected chi connectivity index (χ2v) is 12.2. The molecule has 3 saturated carbocycles. The highest BCUT2D eigenvalue weighted by atomic mass is 19.1. The molecule has 0 saturated heterocycles. The number of hydrogen-bond acceptors (Lipinski definition) is 4. The molecule has 2 amide bonds. The Balaban J connectivity index is 1.14. The zero-order chi connectivity index (χ0) is 25.2. The van der Waals surface area contributed by atoms with Gasteiger partial charge in [0.25, 0.3) is 5.91 Å². The van der Waals surface area contributed by atoms with Crippen molar-refractivity contribution in [1.82, 2.24) is 10.2 Å². The molecular weight excluding hydrogens is 459 g/mol. The van der Waals surface area contributed by atoms with Gasteiger partial charge in [-0.1, -0.05) is 26.0 Å². The van der Waals surface area contributed by atoms with E-state index in [1.807, 2.05) is 24.3 Å². The van der Waals surface area contributed by atoms with Crippen molar-refractivity contribution in [2.75, 3.05) is 20.2 Å². The van der Waals surface area contributed by atoms with Gasteiger partial charge in [-0.15, -0.1) is 0 Å². The first-order valence-corrected chi connectivity index (χ1v) is 13.5. The third kappa shape index (κ3) is 3.48. The van der Waals surface area contributed by atoms with Crippen LogP contribution < -0.4 is 14.8 Å². The summed E-state index contributed by atoms with van der Waals surface area (Å²) in [5, 5.41) is 3.18. The Morgan fingerprint density at radius 2 is 1.89 bits per heavy atom. The number of nitrogens with one attached hydrogen (secondary N) is 1. The molecule has 0 aromatic heterocycles. The average molecular weight is 497 g/mol. The van der Waals surface area contributed by atoms with Crippen LogP contribution in [0.25, 0.3) is 0 Å². The van der Waals surface area contributed by atoms with Gasteiger partial charge in [-0.2, -0.15) is 0 Å². The van der Waals surface area contributed by atoms with Crippen molar-refractivity contribution in [3.63, 3.8) is 0 Å². The van der Waals surface area contributed by atoms with Crippen LogP contribution in [0.2, 0.25) is 0 Å². The number of amides is 2. The van der Waals surface area contributed by atoms with Crippen LogP contribution in [0.1, 0.15) is 52.4 Å². The summed E-state index contributed by atoms with van der Waals surface area (Å²) in [6.45, 7) is 5.32. The normalized spacial score (nSPS) is 41.1. The number of para-hydroxylation sites is 2. The first kappa shape index (κ1) is 23.8. The van der Waals surface area contributed by atoms with Gasteiger partial charge < -0.3 is 19.7 Å². The van der Waals surface area contributed by atoms with Crippen molar-refractivity contribution in [2.24, 2.45) is 34.5 Å². The highest BCUT2D eigenvalue weighted by Gasteiger charge is 2.62. The van der Waals surface area contributed by atoms with Crippen LogP contribution in [-0.2, 0) is 9.59 Å². The van der Waals surface area contributed by atoms with Crippen molar-refractivity contribution >= 4 is 11.8 Å². The minimum absolute atomic E-state index is 0.0198. The first-order chi connectivity index (χ1) is 17.2. The fraction of sp³-hybridized carbons (Fsp3) is 0.655. The molecule has 3 fully saturated rings. The minimum Gasteiger partial charge on any atom is -0.486 e. The number of benzene rings is 1. The van der Waals surface area contributed by atoms with Gasteiger partial charge in [-0.25, -0.2) is 4.39 Å². The molecule has 36 heavy (non-hydrogen) atoms. The van der Waals surface area contributed by atoms with Crippen molar-refractivity contribution < 1.29 is 23.5 Å². The topological polar surface area (TPSA) is 67.9 Å². The SMILES string of the molecule is CN1C(=O)C(F)=C[C@]2(C)C3CC[C@]4(C)[C@@H](C(=O)NC[C@H]5COc6ccccc6O5)CC[C@H]4C3CC[C@@H]12. The molecule has 1 aromatic carbocycles. The molecule has 2 heterocycles. The summed E-state index contributed by atoms with van der Waals surface area (Å²) >= 11 is 0. The summed E-state index contributed by atoms with van der Waals surface area (Å²) in [5.74, 6) is 1.72. The van der Waals surface area contributed by atoms with E-state index in [2.05, 4.69) is 19.2 Å². The fourth-order valence-electron chi connectivity index (χ4n) is 8.76. The Hall–Kier alpha value is -2.57. The predicted octanol–water partition coefficient (Wildman–Crippen LogP) is 4.50. The molecule has 8 atom stereocenters. The standard InChI is InChI=1S/C29H37FN2O4/c1-28-13-12-20-18(8-11-25-29(20,2)14-22(30)27(34)32(25)3)19(28)9-10-21(28)26(33)31-15-17-16-35-23-6-4-5-7-24(23)36-17/h4-7,14,17-21,25H,8-13,15-16H2,1-3H3,(H,31,33)/t17-,18?,19-,20?,21+,25+,28-,29+/m0/s1. The van der Waals surface area contributed by atoms with E-state index in [9.17, 15) is 14.0 Å². The Bertz CT molecular complexity index is 1110. The van der Waals surface area contributed by atoms with E-state index < -0.39 is 11.7 Å². The predicted molar refractivity (Wildman–Crippen MR) is 133 cm³/mol. The van der Waals surface area contributed by atoms with E-state index in [1.54, 1.807) is 18.0 Å². The van der Waals surface area contributed by atoms with Crippen LogP contribution in [0.5, 0.6) is 11.5 Å². The van der Waals surface area contributed by atoms with Crippen molar-refractivity contribution in [2.45, 2.75) is 64.5 Å². The third-order valence-electron chi connectivity index (χ3n) is 10.5. The molecule has 5 aliphatic rings. The van der Waals surface area contributed by atoms with Crippen LogP contribution >= 0.6 is 0 Å². The molecule has 1 N–H and O–H groups in total. The first-order valence-electron chi connectivity index (χ1n) is 13.5. The summed E-state index contributed by atoms with van der Waals surface area (Å²) in [6, 6.07) is 7.67. The molecular formula is C29H37FN2O4. The summed E-state index contributed by atoms with van der Waals surface area (Å²) < 4.78 is 26.5. The summed E-state index contributed by atoms with van der Waals surface area (Å²) in [7, 11) is 1.75. The maximum absolute atomic E-state index is 14.6. The second kappa shape index (κ2) is 8.49. The monoisotopic (exact) mass is 496 g/mol. The van der Waals surface area contributed by atoms with Crippen molar-refractivity contribution in [3.05, 3.63) is 36.2 Å². The number of nitrogens with zero attached hydrogens (tertiary/aromatic N) is 1. The van der Waals surface area contributed by atoms with Gasteiger partial charge in [0.05, 0.1) is 6.54 Å². The smallest absolute Gasteiger partial charge is 0.282 e. The lowest BCUT2D eigenvalue weighted by Gasteiger charge is -2.60. The molecule has 3 aliphatic carbocycles. The van der Waals surface area contributed by atoms with Crippen LogP contribution in [0.4, 0.5) is 4.39 Å². The zero-order valence-corrected chi connectivity index (χ0v) is 21.5. The average Bonchev–Trinajstić information content (AvgIpc) is 3.23. The van der Waals surface area contributed by atoms with Gasteiger partial charge >= 0.3 is 0 Å². The van der Waals surface area contributed by atoms with Gasteiger partial charge in [-0.3, -0.25) is 9.59 Å². The molecule has 1 aromatic rings. The molecule has 6 nitrogen and oxygen atoms in total.